The van der Waals surface area contributed by atoms with Crippen LogP contribution in [-0.4, -0.2) is 83.3 Å². The second-order valence-electron chi connectivity index (χ2n) is 15.6. The number of ether oxygens (including phenoxy) is 2. The van der Waals surface area contributed by atoms with Crippen LogP contribution in [0.2, 0.25) is 10.0 Å². The minimum absolute atomic E-state index is 0.0194. The van der Waals surface area contributed by atoms with Crippen molar-refractivity contribution in [1.82, 2.24) is 34.4 Å². The van der Waals surface area contributed by atoms with Gasteiger partial charge >= 0.3 is 0 Å². The molecule has 13 nitrogen and oxygen atoms in total. The number of hydrogen-bond acceptors (Lipinski definition) is 10. The van der Waals surface area contributed by atoms with Crippen LogP contribution in [0, 0.1) is 5.41 Å². The second-order valence-corrected chi connectivity index (χ2v) is 18.1. The Balaban J connectivity index is 0.993. The maximum atomic E-state index is 13.9. The molecule has 0 radical (unpaired) electrons. The summed E-state index contributed by atoms with van der Waals surface area (Å²) < 4.78 is 43.1. The molecule has 16 heteroatoms. The lowest BCUT2D eigenvalue weighted by atomic mass is 9.72. The lowest BCUT2D eigenvalue weighted by Gasteiger charge is -2.39. The zero-order valence-electron chi connectivity index (χ0n) is 32.7. The van der Waals surface area contributed by atoms with Gasteiger partial charge in [0.2, 0.25) is 5.88 Å². The van der Waals surface area contributed by atoms with E-state index >= 15 is 0 Å². The van der Waals surface area contributed by atoms with Gasteiger partial charge in [-0.25, -0.2) is 23.1 Å². The quantitative estimate of drug-likeness (QED) is 0.116. The van der Waals surface area contributed by atoms with Crippen molar-refractivity contribution >= 4 is 61.3 Å². The predicted molar refractivity (Wildman–Crippen MR) is 229 cm³/mol. The van der Waals surface area contributed by atoms with Gasteiger partial charge in [-0.2, -0.15) is 5.10 Å². The van der Waals surface area contributed by atoms with Crippen molar-refractivity contribution in [2.75, 3.05) is 44.2 Å². The fraction of sp³-hybridized carbons (Fsp3) is 0.302. The molecule has 1 saturated heterocycles. The van der Waals surface area contributed by atoms with E-state index in [4.69, 9.17) is 32.7 Å². The number of carbonyl (C=O) groups is 1. The summed E-state index contributed by atoms with van der Waals surface area (Å²) in [5, 5.41) is 8.50. The summed E-state index contributed by atoms with van der Waals surface area (Å²) in [7, 11) is -4.41. The van der Waals surface area contributed by atoms with Gasteiger partial charge < -0.3 is 18.9 Å². The van der Waals surface area contributed by atoms with Crippen LogP contribution in [0.1, 0.15) is 49.0 Å². The van der Waals surface area contributed by atoms with Crippen LogP contribution in [0.15, 0.2) is 108 Å². The number of rotatable bonds is 13. The fourth-order valence-corrected chi connectivity index (χ4v) is 8.94. The highest BCUT2D eigenvalue weighted by molar-refractivity contribution is 7.90. The Morgan fingerprint density at radius 1 is 0.983 bits per heavy atom. The molecule has 4 heterocycles. The Bertz CT molecular complexity index is 2600. The molecule has 1 amide bonds. The van der Waals surface area contributed by atoms with Crippen molar-refractivity contribution in [2.24, 2.45) is 5.41 Å². The van der Waals surface area contributed by atoms with Crippen molar-refractivity contribution in [1.29, 1.82) is 0 Å². The van der Waals surface area contributed by atoms with Gasteiger partial charge in [0.05, 0.1) is 41.7 Å². The van der Waals surface area contributed by atoms with Crippen LogP contribution >= 0.6 is 23.2 Å². The van der Waals surface area contributed by atoms with Crippen molar-refractivity contribution < 1.29 is 22.7 Å². The number of piperazine rings is 1. The van der Waals surface area contributed by atoms with Crippen LogP contribution in [0.3, 0.4) is 0 Å². The summed E-state index contributed by atoms with van der Waals surface area (Å²) in [6.45, 7) is 9.51. The summed E-state index contributed by atoms with van der Waals surface area (Å²) in [6, 6.07) is 20.0. The number of nitrogens with one attached hydrogen (secondary N) is 2. The lowest BCUT2D eigenvalue weighted by Crippen LogP contribution is -2.47. The van der Waals surface area contributed by atoms with Gasteiger partial charge in [0, 0.05) is 61.9 Å². The third-order valence-corrected chi connectivity index (χ3v) is 12.7. The van der Waals surface area contributed by atoms with Crippen molar-refractivity contribution in [3.63, 3.8) is 0 Å². The molecule has 1 aliphatic carbocycles. The molecule has 8 rings (SSSR count). The Morgan fingerprint density at radius 2 is 1.80 bits per heavy atom. The van der Waals surface area contributed by atoms with Gasteiger partial charge in [0.25, 0.3) is 15.9 Å². The van der Waals surface area contributed by atoms with E-state index in [1.54, 1.807) is 43.1 Å². The highest BCUT2D eigenvalue weighted by Crippen LogP contribution is 2.43. The van der Waals surface area contributed by atoms with E-state index in [9.17, 15) is 13.2 Å². The molecule has 1 aliphatic heterocycles. The summed E-state index contributed by atoms with van der Waals surface area (Å²) in [6.07, 6.45) is 11.1. The number of aromatic nitrogens is 5. The van der Waals surface area contributed by atoms with Crippen molar-refractivity contribution in [2.45, 2.75) is 44.6 Å². The van der Waals surface area contributed by atoms with Gasteiger partial charge in [-0.15, -0.1) is 0 Å². The number of halogens is 2. The third-order valence-electron chi connectivity index (χ3n) is 10.9. The number of hydrogen-bond donors (Lipinski definition) is 2. The molecule has 0 saturated carbocycles. The second kappa shape index (κ2) is 17.1. The first-order valence-corrected chi connectivity index (χ1v) is 21.6. The average molecular weight is 856 g/mol. The first-order valence-electron chi connectivity index (χ1n) is 19.4. The number of carbonyl (C=O) groups excluding carboxylic acids is 1. The van der Waals surface area contributed by atoms with Gasteiger partial charge in [0.15, 0.2) is 0 Å². The van der Waals surface area contributed by atoms with Gasteiger partial charge in [-0.1, -0.05) is 60.8 Å². The molecule has 6 aromatic rings. The van der Waals surface area contributed by atoms with E-state index in [0.717, 1.165) is 74.4 Å². The molecular formula is C43H44Cl2N8O5S. The normalized spacial score (nSPS) is 16.0. The average Bonchev–Trinajstić information content (AvgIpc) is 3.93. The van der Waals surface area contributed by atoms with E-state index in [-0.39, 0.29) is 39.1 Å². The molecule has 0 unspecified atom stereocenters. The first-order chi connectivity index (χ1) is 28.4. The molecule has 0 bridgehead atoms. The molecule has 0 atom stereocenters. The van der Waals surface area contributed by atoms with E-state index < -0.39 is 15.9 Å². The Kier molecular flexibility index (Phi) is 11.7. The maximum absolute atomic E-state index is 13.9. The first kappa shape index (κ1) is 40.4. The number of allylic oxidation sites excluding steroid dienone is 1. The van der Waals surface area contributed by atoms with Crippen LogP contribution < -0.4 is 19.1 Å². The number of aromatic amines is 1. The largest absolute Gasteiger partial charge is 0.475 e. The Labute approximate surface area is 353 Å². The van der Waals surface area contributed by atoms with E-state index in [2.05, 4.69) is 60.7 Å². The number of pyridine rings is 1. The topological polar surface area (TPSA) is 148 Å². The number of imidazole rings is 1. The summed E-state index contributed by atoms with van der Waals surface area (Å²) in [4.78, 5) is 26.4. The summed E-state index contributed by atoms with van der Waals surface area (Å²) in [5.74, 6) is -0.176. The van der Waals surface area contributed by atoms with Gasteiger partial charge in [-0.3, -0.25) is 14.8 Å². The molecule has 3 aromatic heterocycles. The van der Waals surface area contributed by atoms with Crippen molar-refractivity contribution in [3.8, 4) is 17.4 Å². The predicted octanol–water partition coefficient (Wildman–Crippen LogP) is 8.24. The van der Waals surface area contributed by atoms with Crippen LogP contribution in [0.4, 0.5) is 5.69 Å². The molecule has 3 aromatic carbocycles. The number of amides is 1. The molecule has 59 heavy (non-hydrogen) atoms. The molecular weight excluding hydrogens is 811 g/mol. The molecule has 306 valence electrons. The third kappa shape index (κ3) is 9.41. The molecule has 0 spiro atoms. The standard InChI is InChI=1S/C43H44Cl2N8O5S/c1-43(2)13-12-30(35(24-43)29-6-8-31(44)9-7-29)27-51-16-18-53(19-17-51)32-10-11-34(40(22-32)58-39-5-3-4-38-36(39)26-48-49-38)41(54)50-59(55,56)33-23-37(45)42(47-25-33)57-21-20-52-15-14-46-28-52/h3-11,14-15,22-23,25-26,28H,12-13,16-21,24,27H2,1-2H3,(H,48,49)(H,50,54). The SMILES string of the molecule is CC1(C)CCC(CN2CCN(c3ccc(C(=O)NS(=O)(=O)c4cnc(OCCn5ccnc5)c(Cl)c4)c(Oc4cccc5[nH]ncc45)c3)CC2)=C(c2ccc(Cl)cc2)C1. The fourth-order valence-electron chi connectivity index (χ4n) is 7.59. The zero-order chi connectivity index (χ0) is 41.1. The van der Waals surface area contributed by atoms with Crippen LogP contribution in [0.5, 0.6) is 17.4 Å². The number of sulfonamides is 1. The number of H-pyrrole nitrogens is 1. The zero-order valence-corrected chi connectivity index (χ0v) is 35.0. The number of anilines is 1. The van der Waals surface area contributed by atoms with Gasteiger partial charge in [0.1, 0.15) is 28.0 Å². The highest BCUT2D eigenvalue weighted by Gasteiger charge is 2.30. The summed E-state index contributed by atoms with van der Waals surface area (Å²) in [5.41, 5.74) is 6.01. The molecule has 2 aliphatic rings. The van der Waals surface area contributed by atoms with Gasteiger partial charge in [-0.05, 0) is 78.3 Å². The van der Waals surface area contributed by atoms with Crippen LogP contribution in [0.25, 0.3) is 16.5 Å². The highest BCUT2D eigenvalue weighted by atomic mass is 35.5. The number of nitrogens with zero attached hydrogens (tertiary/aromatic N) is 6. The minimum Gasteiger partial charge on any atom is -0.475 e. The van der Waals surface area contributed by atoms with E-state index in [0.29, 0.717) is 17.7 Å². The maximum Gasteiger partial charge on any atom is 0.268 e. The minimum atomic E-state index is -4.41. The van der Waals surface area contributed by atoms with Crippen LogP contribution in [-0.2, 0) is 16.6 Å². The number of benzene rings is 3. The van der Waals surface area contributed by atoms with E-state index in [1.165, 1.54) is 22.8 Å². The summed E-state index contributed by atoms with van der Waals surface area (Å²) >= 11 is 12.6. The lowest BCUT2D eigenvalue weighted by molar-refractivity contribution is 0.0979. The smallest absolute Gasteiger partial charge is 0.268 e. The Morgan fingerprint density at radius 3 is 2.56 bits per heavy atom. The van der Waals surface area contributed by atoms with E-state index in [1.807, 2.05) is 34.9 Å². The molecule has 1 fully saturated rings. The van der Waals surface area contributed by atoms with Crippen molar-refractivity contribution in [3.05, 3.63) is 125 Å². The monoisotopic (exact) mass is 854 g/mol. The molecule has 2 N–H and O–H groups in total. The number of fused-ring (bicyclic) bond motifs is 1. The Hall–Kier alpha value is -5.41.